The van der Waals surface area contributed by atoms with Gasteiger partial charge in [0.1, 0.15) is 0 Å². The van der Waals surface area contributed by atoms with Gasteiger partial charge in [-0.3, -0.25) is 0 Å². The van der Waals surface area contributed by atoms with E-state index in [1.807, 2.05) is 0 Å². The van der Waals surface area contributed by atoms with Gasteiger partial charge in [0.2, 0.25) is 14.2 Å². The van der Waals surface area contributed by atoms with E-state index in [1.54, 1.807) is 0 Å². The number of thiazole rings is 1. The van der Waals surface area contributed by atoms with Crippen molar-refractivity contribution in [1.29, 1.82) is 0 Å². The average Bonchev–Trinajstić information content (AvgIpc) is 2.57. The summed E-state index contributed by atoms with van der Waals surface area (Å²) in [6.07, 6.45) is 5.64. The lowest BCUT2D eigenvalue weighted by Gasteiger charge is -2.23. The van der Waals surface area contributed by atoms with Crippen molar-refractivity contribution < 1.29 is 8.42 Å². The second-order valence-electron chi connectivity index (χ2n) is 3.75. The van der Waals surface area contributed by atoms with Crippen LogP contribution in [0.25, 0.3) is 5.57 Å². The average molecular weight is 227 g/mol. The smallest absolute Gasteiger partial charge is 0.209 e. The zero-order chi connectivity index (χ0) is 9.92. The number of rotatable bonds is 1. The fourth-order valence-corrected chi connectivity index (χ4v) is 4.18. The number of sulfone groups is 1. The van der Waals surface area contributed by atoms with Gasteiger partial charge in [0.05, 0.1) is 5.69 Å². The van der Waals surface area contributed by atoms with Crippen LogP contribution in [0.15, 0.2) is 10.4 Å². The minimum Gasteiger partial charge on any atom is -0.225 e. The maximum absolute atomic E-state index is 11.3. The van der Waals surface area contributed by atoms with E-state index < -0.39 is 9.84 Å². The molecule has 0 aliphatic heterocycles. The zero-order valence-electron chi connectivity index (χ0n) is 7.65. The molecule has 0 N–H and O–H groups in total. The molecule has 1 atom stereocenters. The van der Waals surface area contributed by atoms with Crippen LogP contribution < -0.4 is 0 Å². The van der Waals surface area contributed by atoms with Crippen molar-refractivity contribution >= 4 is 26.7 Å². The summed E-state index contributed by atoms with van der Waals surface area (Å²) >= 11 is 1.34. The largest absolute Gasteiger partial charge is 0.225 e. The van der Waals surface area contributed by atoms with Crippen molar-refractivity contribution in [1.82, 2.24) is 4.98 Å². The van der Waals surface area contributed by atoms with Crippen molar-refractivity contribution in [2.45, 2.75) is 23.1 Å². The number of allylic oxidation sites excluding steroid dienone is 2. The van der Waals surface area contributed by atoms with Crippen LogP contribution in [0, 0.1) is 0 Å². The molecule has 1 unspecified atom stereocenters. The highest BCUT2D eigenvalue weighted by atomic mass is 32.2. The summed E-state index contributed by atoms with van der Waals surface area (Å²) in [5, 5.41) is 0. The molecular formula is C9H9NO2S2. The highest BCUT2D eigenvalue weighted by Crippen LogP contribution is 2.54. The van der Waals surface area contributed by atoms with Crippen LogP contribution in [0.5, 0.6) is 0 Å². The van der Waals surface area contributed by atoms with Gasteiger partial charge in [-0.15, -0.1) is 11.3 Å². The van der Waals surface area contributed by atoms with E-state index in [0.29, 0.717) is 5.92 Å². The van der Waals surface area contributed by atoms with E-state index in [2.05, 4.69) is 11.1 Å². The van der Waals surface area contributed by atoms with Gasteiger partial charge in [-0.1, -0.05) is 6.08 Å². The molecule has 74 valence electrons. The third-order valence-electron chi connectivity index (χ3n) is 2.74. The molecule has 14 heavy (non-hydrogen) atoms. The molecule has 1 heterocycles. The first-order valence-electron chi connectivity index (χ1n) is 4.48. The van der Waals surface area contributed by atoms with E-state index in [4.69, 9.17) is 0 Å². The summed E-state index contributed by atoms with van der Waals surface area (Å²) in [4.78, 5) is 5.35. The minimum atomic E-state index is -3.12. The summed E-state index contributed by atoms with van der Waals surface area (Å²) in [5.41, 5.74) is 2.21. The summed E-state index contributed by atoms with van der Waals surface area (Å²) in [6, 6.07) is 0. The third kappa shape index (κ3) is 0.966. The second-order valence-corrected chi connectivity index (χ2v) is 6.97. The Kier molecular flexibility index (Phi) is 1.52. The van der Waals surface area contributed by atoms with Gasteiger partial charge in [0.15, 0.2) is 0 Å². The molecule has 0 aromatic carbocycles. The Morgan fingerprint density at radius 3 is 3.07 bits per heavy atom. The first-order valence-corrected chi connectivity index (χ1v) is 7.19. The molecule has 0 amide bonds. The first-order chi connectivity index (χ1) is 6.57. The fourth-order valence-electron chi connectivity index (χ4n) is 2.07. The van der Waals surface area contributed by atoms with Crippen molar-refractivity contribution in [2.75, 3.05) is 6.26 Å². The molecule has 0 saturated heterocycles. The van der Waals surface area contributed by atoms with Crippen molar-refractivity contribution in [2.24, 2.45) is 0 Å². The van der Waals surface area contributed by atoms with E-state index >= 15 is 0 Å². The molecular weight excluding hydrogens is 218 g/mol. The van der Waals surface area contributed by atoms with Gasteiger partial charge in [0.25, 0.3) is 0 Å². The SMILES string of the molecule is CS(=O)(=O)c1nc2c(s1)C1CCC=C21. The Morgan fingerprint density at radius 2 is 2.36 bits per heavy atom. The van der Waals surface area contributed by atoms with Crippen LogP contribution in [-0.4, -0.2) is 19.7 Å². The molecule has 3 rings (SSSR count). The quantitative estimate of drug-likeness (QED) is 0.735. The topological polar surface area (TPSA) is 47.0 Å². The minimum absolute atomic E-state index is 0.276. The van der Waals surface area contributed by atoms with E-state index in [-0.39, 0.29) is 4.34 Å². The van der Waals surface area contributed by atoms with Gasteiger partial charge < -0.3 is 0 Å². The van der Waals surface area contributed by atoms with Crippen LogP contribution in [0.1, 0.15) is 29.3 Å². The highest BCUT2D eigenvalue weighted by molar-refractivity contribution is 7.92. The Morgan fingerprint density at radius 1 is 1.57 bits per heavy atom. The summed E-state index contributed by atoms with van der Waals surface area (Å²) in [5.74, 6) is 0.498. The Hall–Kier alpha value is -0.680. The van der Waals surface area contributed by atoms with Crippen molar-refractivity contribution in [3.05, 3.63) is 16.6 Å². The second kappa shape index (κ2) is 2.46. The van der Waals surface area contributed by atoms with E-state index in [1.165, 1.54) is 28.0 Å². The van der Waals surface area contributed by atoms with Gasteiger partial charge >= 0.3 is 0 Å². The molecule has 2 aliphatic rings. The lowest BCUT2D eigenvalue weighted by Crippen LogP contribution is -2.09. The predicted octanol–water partition coefficient (Wildman–Crippen LogP) is 1.82. The number of fused-ring (bicyclic) bond motifs is 4. The van der Waals surface area contributed by atoms with E-state index in [0.717, 1.165) is 18.5 Å². The lowest BCUT2D eigenvalue weighted by molar-refractivity contribution is 0.601. The molecule has 1 aromatic heterocycles. The monoisotopic (exact) mass is 227 g/mol. The Balaban J connectivity index is 2.17. The number of hydrogen-bond donors (Lipinski definition) is 0. The normalized spacial score (nSPS) is 23.8. The summed E-state index contributed by atoms with van der Waals surface area (Å²) < 4.78 is 22.8. The van der Waals surface area contributed by atoms with Crippen molar-refractivity contribution in [3.63, 3.8) is 0 Å². The highest BCUT2D eigenvalue weighted by Gasteiger charge is 2.39. The Bertz CT molecular complexity index is 539. The maximum atomic E-state index is 11.3. The van der Waals surface area contributed by atoms with Crippen molar-refractivity contribution in [3.8, 4) is 0 Å². The molecule has 1 aromatic rings. The fraction of sp³-hybridized carbons (Fsp3) is 0.444. The molecule has 0 saturated carbocycles. The van der Waals surface area contributed by atoms with Crippen LogP contribution in [0.2, 0.25) is 0 Å². The number of aromatic nitrogens is 1. The van der Waals surface area contributed by atoms with Gasteiger partial charge in [-0.2, -0.15) is 0 Å². The third-order valence-corrected chi connectivity index (χ3v) is 5.58. The van der Waals surface area contributed by atoms with Gasteiger partial charge in [0, 0.05) is 17.1 Å². The molecule has 0 fully saturated rings. The standard InChI is InChI=1S/C9H9NO2S2/c1-14(11,12)9-10-7-5-3-2-4-6(5)8(7)13-9/h3,6H,2,4H2,1H3. The van der Waals surface area contributed by atoms with Gasteiger partial charge in [-0.05, 0) is 18.4 Å². The Labute approximate surface area is 86.4 Å². The maximum Gasteiger partial charge on any atom is 0.209 e. The van der Waals surface area contributed by atoms with Crippen LogP contribution >= 0.6 is 11.3 Å². The molecule has 2 aliphatic carbocycles. The summed E-state index contributed by atoms with van der Waals surface area (Å²) in [6.45, 7) is 0. The zero-order valence-corrected chi connectivity index (χ0v) is 9.28. The first kappa shape index (κ1) is 8.61. The number of hydrogen-bond acceptors (Lipinski definition) is 4. The summed E-state index contributed by atoms with van der Waals surface area (Å²) in [7, 11) is -3.12. The van der Waals surface area contributed by atoms with Crippen LogP contribution in [-0.2, 0) is 9.84 Å². The van der Waals surface area contributed by atoms with Crippen LogP contribution in [0.3, 0.4) is 0 Å². The molecule has 5 heteroatoms. The lowest BCUT2D eigenvalue weighted by atomic mass is 9.85. The molecule has 0 radical (unpaired) electrons. The van der Waals surface area contributed by atoms with Crippen LogP contribution in [0.4, 0.5) is 0 Å². The van der Waals surface area contributed by atoms with Gasteiger partial charge in [-0.25, -0.2) is 13.4 Å². The molecule has 3 nitrogen and oxygen atoms in total. The predicted molar refractivity (Wildman–Crippen MR) is 55.2 cm³/mol. The van der Waals surface area contributed by atoms with E-state index in [9.17, 15) is 8.42 Å². The number of nitrogens with zero attached hydrogens (tertiary/aromatic N) is 1. The molecule has 0 bridgehead atoms. The molecule has 0 spiro atoms.